The number of rotatable bonds is 1. The smallest absolute Gasteiger partial charge is 0.198 e. The van der Waals surface area contributed by atoms with Crippen molar-refractivity contribution in [2.75, 3.05) is 0 Å². The number of halogens is 1. The van der Waals surface area contributed by atoms with E-state index in [1.54, 1.807) is 6.20 Å². The molecule has 0 fully saturated rings. The van der Waals surface area contributed by atoms with Crippen LogP contribution >= 0.6 is 15.9 Å². The highest BCUT2D eigenvalue weighted by Gasteiger charge is 2.02. The van der Waals surface area contributed by atoms with Crippen molar-refractivity contribution in [3.8, 4) is 11.3 Å². The van der Waals surface area contributed by atoms with Gasteiger partial charge >= 0.3 is 0 Å². The summed E-state index contributed by atoms with van der Waals surface area (Å²) in [7, 11) is 0. The number of hydrogen-bond donors (Lipinski definition) is 0. The summed E-state index contributed by atoms with van der Waals surface area (Å²) >= 11 is 3.39. The molecule has 13 heavy (non-hydrogen) atoms. The van der Waals surface area contributed by atoms with Crippen LogP contribution in [0.25, 0.3) is 11.3 Å². The molecule has 0 saturated carbocycles. The van der Waals surface area contributed by atoms with Crippen LogP contribution < -0.4 is 0 Å². The molecule has 0 spiro atoms. The van der Waals surface area contributed by atoms with Crippen molar-refractivity contribution in [3.05, 3.63) is 47.3 Å². The average Bonchev–Trinajstić information content (AvgIpc) is 2.20. The van der Waals surface area contributed by atoms with Gasteiger partial charge in [0.15, 0.2) is 6.33 Å². The molecule has 0 atom stereocenters. The first-order chi connectivity index (χ1) is 6.38. The van der Waals surface area contributed by atoms with Gasteiger partial charge in [0.1, 0.15) is 0 Å². The highest BCUT2D eigenvalue weighted by molar-refractivity contribution is 9.10. The molecule has 0 bridgehead atoms. The van der Waals surface area contributed by atoms with Crippen LogP contribution in [0.3, 0.4) is 0 Å². The lowest BCUT2D eigenvalue weighted by Crippen LogP contribution is -1.86. The highest BCUT2D eigenvalue weighted by atomic mass is 79.9. The van der Waals surface area contributed by atoms with Gasteiger partial charge in [-0.1, -0.05) is 30.3 Å². The molecular formula is C10H6BrN2. The molecule has 0 N–H and O–H groups in total. The van der Waals surface area contributed by atoms with E-state index in [1.165, 1.54) is 0 Å². The third kappa shape index (κ3) is 1.75. The molecule has 0 aliphatic rings. The van der Waals surface area contributed by atoms with Crippen LogP contribution in [-0.2, 0) is 0 Å². The van der Waals surface area contributed by atoms with Crippen LogP contribution in [0.5, 0.6) is 0 Å². The van der Waals surface area contributed by atoms with Crippen molar-refractivity contribution in [1.29, 1.82) is 0 Å². The van der Waals surface area contributed by atoms with Crippen LogP contribution in [0.4, 0.5) is 0 Å². The molecular weight excluding hydrogens is 228 g/mol. The molecule has 2 rings (SSSR count). The molecule has 1 aromatic carbocycles. The molecule has 0 amide bonds. The van der Waals surface area contributed by atoms with Crippen molar-refractivity contribution in [1.82, 2.24) is 9.97 Å². The van der Waals surface area contributed by atoms with E-state index in [0.29, 0.717) is 0 Å². The fourth-order valence-electron chi connectivity index (χ4n) is 1.08. The number of nitrogens with zero attached hydrogens (tertiary/aromatic N) is 2. The molecule has 2 aromatic rings. The Morgan fingerprint density at radius 3 is 2.62 bits per heavy atom. The van der Waals surface area contributed by atoms with E-state index in [9.17, 15) is 0 Å². The van der Waals surface area contributed by atoms with Crippen LogP contribution in [0, 0.1) is 6.33 Å². The predicted octanol–water partition coefficient (Wildman–Crippen LogP) is 2.71. The third-order valence-corrected chi connectivity index (χ3v) is 2.25. The molecule has 1 radical (unpaired) electrons. The van der Waals surface area contributed by atoms with Crippen molar-refractivity contribution in [2.24, 2.45) is 0 Å². The molecule has 0 saturated heterocycles. The number of benzene rings is 1. The summed E-state index contributed by atoms with van der Waals surface area (Å²) in [5, 5.41) is 0. The van der Waals surface area contributed by atoms with Gasteiger partial charge in [-0.05, 0) is 15.9 Å². The second-order valence-electron chi connectivity index (χ2n) is 2.53. The first kappa shape index (κ1) is 8.38. The van der Waals surface area contributed by atoms with Gasteiger partial charge in [0.2, 0.25) is 0 Å². The zero-order chi connectivity index (χ0) is 9.10. The second-order valence-corrected chi connectivity index (χ2v) is 3.39. The second kappa shape index (κ2) is 3.66. The maximum absolute atomic E-state index is 4.07. The molecule has 0 aliphatic heterocycles. The molecule has 2 nitrogen and oxygen atoms in total. The Labute approximate surface area is 84.8 Å². The van der Waals surface area contributed by atoms with E-state index in [-0.39, 0.29) is 0 Å². The fraction of sp³-hybridized carbons (Fsp3) is 0. The average molecular weight is 234 g/mol. The van der Waals surface area contributed by atoms with Crippen molar-refractivity contribution in [2.45, 2.75) is 0 Å². The van der Waals surface area contributed by atoms with E-state index >= 15 is 0 Å². The number of hydrogen-bond acceptors (Lipinski definition) is 2. The minimum atomic E-state index is 0.871. The quantitative estimate of drug-likeness (QED) is 0.758. The maximum atomic E-state index is 4.07. The van der Waals surface area contributed by atoms with E-state index in [0.717, 1.165) is 15.7 Å². The monoisotopic (exact) mass is 233 g/mol. The van der Waals surface area contributed by atoms with Gasteiger partial charge in [0.25, 0.3) is 0 Å². The van der Waals surface area contributed by atoms with Crippen molar-refractivity contribution < 1.29 is 0 Å². The maximum Gasteiger partial charge on any atom is 0.198 e. The van der Waals surface area contributed by atoms with Gasteiger partial charge in [0.05, 0.1) is 10.2 Å². The molecule has 63 valence electrons. The largest absolute Gasteiger partial charge is 0.233 e. The third-order valence-electron chi connectivity index (χ3n) is 1.67. The summed E-state index contributed by atoms with van der Waals surface area (Å²) in [6.45, 7) is 0. The van der Waals surface area contributed by atoms with E-state index in [1.807, 2.05) is 30.3 Å². The standard InChI is InChI=1S/C10H6BrN2/c11-9-6-12-7-13-10(9)8-4-2-1-3-5-8/h1-6H. The molecule has 0 unspecified atom stereocenters. The molecule has 1 aromatic heterocycles. The van der Waals surface area contributed by atoms with Gasteiger partial charge in [-0.25, -0.2) is 9.97 Å². The molecule has 1 heterocycles. The summed E-state index contributed by atoms with van der Waals surface area (Å²) in [5.74, 6) is 0. The first-order valence-corrected chi connectivity index (χ1v) is 4.61. The zero-order valence-electron chi connectivity index (χ0n) is 6.74. The molecule has 0 aliphatic carbocycles. The lowest BCUT2D eigenvalue weighted by molar-refractivity contribution is 1.14. The minimum absolute atomic E-state index is 0.871. The van der Waals surface area contributed by atoms with Crippen LogP contribution in [0.2, 0.25) is 0 Å². The Morgan fingerprint density at radius 2 is 1.92 bits per heavy atom. The van der Waals surface area contributed by atoms with E-state index in [2.05, 4.69) is 32.2 Å². The predicted molar refractivity (Wildman–Crippen MR) is 54.0 cm³/mol. The number of aromatic nitrogens is 2. The summed E-state index contributed by atoms with van der Waals surface area (Å²) in [6, 6.07) is 9.93. The first-order valence-electron chi connectivity index (χ1n) is 3.82. The van der Waals surface area contributed by atoms with Crippen molar-refractivity contribution in [3.63, 3.8) is 0 Å². The Hall–Kier alpha value is -1.22. The summed E-state index contributed by atoms with van der Waals surface area (Å²) < 4.78 is 0.887. The highest BCUT2D eigenvalue weighted by Crippen LogP contribution is 2.23. The van der Waals surface area contributed by atoms with Gasteiger partial charge in [-0.15, -0.1) is 0 Å². The Kier molecular flexibility index (Phi) is 2.36. The van der Waals surface area contributed by atoms with Crippen LogP contribution in [-0.4, -0.2) is 9.97 Å². The summed E-state index contributed by atoms with van der Waals surface area (Å²) in [5.41, 5.74) is 1.93. The summed E-state index contributed by atoms with van der Waals surface area (Å²) in [6.07, 6.45) is 4.26. The zero-order valence-corrected chi connectivity index (χ0v) is 8.32. The van der Waals surface area contributed by atoms with Crippen molar-refractivity contribution >= 4 is 15.9 Å². The van der Waals surface area contributed by atoms with Gasteiger partial charge in [-0.2, -0.15) is 0 Å². The van der Waals surface area contributed by atoms with Crippen LogP contribution in [0.15, 0.2) is 41.0 Å². The topological polar surface area (TPSA) is 25.8 Å². The van der Waals surface area contributed by atoms with E-state index in [4.69, 9.17) is 0 Å². The Balaban J connectivity index is 2.54. The van der Waals surface area contributed by atoms with Gasteiger partial charge in [0, 0.05) is 11.8 Å². The van der Waals surface area contributed by atoms with Gasteiger partial charge < -0.3 is 0 Å². The molecule has 3 heteroatoms. The van der Waals surface area contributed by atoms with E-state index < -0.39 is 0 Å². The minimum Gasteiger partial charge on any atom is -0.233 e. The Bertz CT molecular complexity index is 401. The lowest BCUT2D eigenvalue weighted by atomic mass is 10.1. The fourth-order valence-corrected chi connectivity index (χ4v) is 1.50. The SMILES string of the molecule is Brc1cn[c]nc1-c1ccccc1. The Morgan fingerprint density at radius 1 is 1.15 bits per heavy atom. The lowest BCUT2D eigenvalue weighted by Gasteiger charge is -2.00. The summed E-state index contributed by atoms with van der Waals surface area (Å²) in [4.78, 5) is 7.85. The van der Waals surface area contributed by atoms with Gasteiger partial charge in [-0.3, -0.25) is 0 Å². The normalized spacial score (nSPS) is 9.92. The van der Waals surface area contributed by atoms with Crippen LogP contribution in [0.1, 0.15) is 0 Å².